The summed E-state index contributed by atoms with van der Waals surface area (Å²) in [5, 5.41) is 3.37. The Balaban J connectivity index is 1.59. The van der Waals surface area contributed by atoms with Gasteiger partial charge in [0, 0.05) is 24.5 Å². The van der Waals surface area contributed by atoms with Crippen LogP contribution in [-0.2, 0) is 6.61 Å². The number of carbonyl (C=O) groups is 1. The Bertz CT molecular complexity index is 918. The number of rotatable bonds is 8. The lowest BCUT2D eigenvalue weighted by Gasteiger charge is -2.21. The standard InChI is InChI=1S/C22H23ClN2O3/c1-3-25(4-2)17-11-9-16(10-12-17)24-22(26)21-14-13-18(28-21)15-27-20-8-6-5-7-19(20)23/h5-14H,3-4,15H2,1-2H3,(H,24,26). The van der Waals surface area contributed by atoms with Crippen molar-refractivity contribution in [3.8, 4) is 5.75 Å². The van der Waals surface area contributed by atoms with Crippen molar-refractivity contribution in [1.82, 2.24) is 0 Å². The van der Waals surface area contributed by atoms with E-state index < -0.39 is 0 Å². The number of para-hydroxylation sites is 1. The van der Waals surface area contributed by atoms with Crippen LogP contribution in [0.2, 0.25) is 5.02 Å². The average Bonchev–Trinajstić information content (AvgIpc) is 3.19. The highest BCUT2D eigenvalue weighted by Gasteiger charge is 2.13. The van der Waals surface area contributed by atoms with Gasteiger partial charge in [-0.2, -0.15) is 0 Å². The summed E-state index contributed by atoms with van der Waals surface area (Å²) in [6.07, 6.45) is 0. The zero-order chi connectivity index (χ0) is 19.9. The molecule has 1 heterocycles. The van der Waals surface area contributed by atoms with Gasteiger partial charge < -0.3 is 19.4 Å². The van der Waals surface area contributed by atoms with Crippen molar-refractivity contribution >= 4 is 28.9 Å². The molecule has 2 aromatic carbocycles. The van der Waals surface area contributed by atoms with Crippen LogP contribution >= 0.6 is 11.6 Å². The monoisotopic (exact) mass is 398 g/mol. The second kappa shape index (κ2) is 9.33. The zero-order valence-corrected chi connectivity index (χ0v) is 16.7. The van der Waals surface area contributed by atoms with E-state index in [1.807, 2.05) is 36.4 Å². The van der Waals surface area contributed by atoms with Crippen LogP contribution in [0.4, 0.5) is 11.4 Å². The van der Waals surface area contributed by atoms with E-state index >= 15 is 0 Å². The number of nitrogens with zero attached hydrogens (tertiary/aromatic N) is 1. The number of hydrogen-bond acceptors (Lipinski definition) is 4. The Labute approximate surface area is 169 Å². The summed E-state index contributed by atoms with van der Waals surface area (Å²) >= 11 is 6.06. The molecule has 0 bridgehead atoms. The normalized spacial score (nSPS) is 10.5. The summed E-state index contributed by atoms with van der Waals surface area (Å²) in [5.41, 5.74) is 1.84. The molecule has 0 unspecified atom stereocenters. The highest BCUT2D eigenvalue weighted by atomic mass is 35.5. The number of carbonyl (C=O) groups excluding carboxylic acids is 1. The molecule has 0 saturated carbocycles. The number of furan rings is 1. The minimum Gasteiger partial charge on any atom is -0.484 e. The van der Waals surface area contributed by atoms with Crippen LogP contribution < -0.4 is 15.0 Å². The first kappa shape index (κ1) is 19.8. The Morgan fingerprint density at radius 2 is 1.75 bits per heavy atom. The van der Waals surface area contributed by atoms with Crippen molar-refractivity contribution in [3.63, 3.8) is 0 Å². The van der Waals surface area contributed by atoms with Gasteiger partial charge in [0.1, 0.15) is 18.1 Å². The van der Waals surface area contributed by atoms with E-state index in [2.05, 4.69) is 24.1 Å². The third-order valence-electron chi connectivity index (χ3n) is 4.35. The van der Waals surface area contributed by atoms with E-state index in [-0.39, 0.29) is 18.3 Å². The van der Waals surface area contributed by atoms with Crippen molar-refractivity contribution in [2.24, 2.45) is 0 Å². The van der Waals surface area contributed by atoms with Gasteiger partial charge in [-0.3, -0.25) is 4.79 Å². The van der Waals surface area contributed by atoms with Gasteiger partial charge in [0.15, 0.2) is 5.76 Å². The first-order valence-corrected chi connectivity index (χ1v) is 9.61. The summed E-state index contributed by atoms with van der Waals surface area (Å²) in [6.45, 7) is 6.29. The first-order valence-electron chi connectivity index (χ1n) is 9.23. The quantitative estimate of drug-likeness (QED) is 0.535. The first-order chi connectivity index (χ1) is 13.6. The number of amides is 1. The third-order valence-corrected chi connectivity index (χ3v) is 4.66. The van der Waals surface area contributed by atoms with E-state index in [0.717, 1.165) is 18.8 Å². The minimum atomic E-state index is -0.306. The predicted octanol–water partition coefficient (Wildman–Crippen LogP) is 5.61. The molecule has 0 fully saturated rings. The van der Waals surface area contributed by atoms with E-state index in [1.54, 1.807) is 24.3 Å². The fourth-order valence-corrected chi connectivity index (χ4v) is 3.02. The molecule has 0 aliphatic rings. The van der Waals surface area contributed by atoms with Crippen LogP contribution in [0.1, 0.15) is 30.2 Å². The average molecular weight is 399 g/mol. The maximum atomic E-state index is 12.4. The minimum absolute atomic E-state index is 0.190. The van der Waals surface area contributed by atoms with Crippen LogP contribution in [0, 0.1) is 0 Å². The molecule has 1 N–H and O–H groups in total. The SMILES string of the molecule is CCN(CC)c1ccc(NC(=O)c2ccc(COc3ccccc3Cl)o2)cc1. The molecular weight excluding hydrogens is 376 g/mol. The maximum Gasteiger partial charge on any atom is 0.291 e. The summed E-state index contributed by atoms with van der Waals surface area (Å²) < 4.78 is 11.2. The summed E-state index contributed by atoms with van der Waals surface area (Å²) in [7, 11) is 0. The summed E-state index contributed by atoms with van der Waals surface area (Å²) in [5.74, 6) is 1.03. The van der Waals surface area contributed by atoms with E-state index in [9.17, 15) is 4.79 Å². The fourth-order valence-electron chi connectivity index (χ4n) is 2.83. The number of hydrogen-bond donors (Lipinski definition) is 1. The molecule has 146 valence electrons. The summed E-state index contributed by atoms with van der Waals surface area (Å²) in [4.78, 5) is 14.6. The molecule has 28 heavy (non-hydrogen) atoms. The lowest BCUT2D eigenvalue weighted by atomic mass is 10.2. The molecule has 0 aliphatic carbocycles. The Morgan fingerprint density at radius 1 is 1.04 bits per heavy atom. The second-order valence-electron chi connectivity index (χ2n) is 6.16. The van der Waals surface area contributed by atoms with Gasteiger partial charge in [-0.05, 0) is 62.4 Å². The molecule has 3 aromatic rings. The van der Waals surface area contributed by atoms with Gasteiger partial charge in [-0.25, -0.2) is 0 Å². The van der Waals surface area contributed by atoms with E-state index in [1.165, 1.54) is 0 Å². The smallest absolute Gasteiger partial charge is 0.291 e. The van der Waals surface area contributed by atoms with E-state index in [4.69, 9.17) is 20.8 Å². The van der Waals surface area contributed by atoms with Crippen molar-refractivity contribution < 1.29 is 13.9 Å². The molecule has 0 aliphatic heterocycles. The van der Waals surface area contributed by atoms with Crippen LogP contribution in [0.3, 0.4) is 0 Å². The fraction of sp³-hybridized carbons (Fsp3) is 0.227. The summed E-state index contributed by atoms with van der Waals surface area (Å²) in [6, 6.07) is 18.3. The lowest BCUT2D eigenvalue weighted by Crippen LogP contribution is -2.21. The Morgan fingerprint density at radius 3 is 2.43 bits per heavy atom. The highest BCUT2D eigenvalue weighted by Crippen LogP contribution is 2.24. The molecule has 0 saturated heterocycles. The maximum absolute atomic E-state index is 12.4. The molecule has 1 amide bonds. The van der Waals surface area contributed by atoms with Crippen molar-refractivity contribution in [2.45, 2.75) is 20.5 Å². The molecule has 0 atom stereocenters. The topological polar surface area (TPSA) is 54.7 Å². The van der Waals surface area contributed by atoms with Crippen LogP contribution in [-0.4, -0.2) is 19.0 Å². The molecule has 3 rings (SSSR count). The number of anilines is 2. The third kappa shape index (κ3) is 4.87. The second-order valence-corrected chi connectivity index (χ2v) is 6.57. The van der Waals surface area contributed by atoms with Gasteiger partial charge in [0.2, 0.25) is 0 Å². The van der Waals surface area contributed by atoms with Gasteiger partial charge >= 0.3 is 0 Å². The van der Waals surface area contributed by atoms with Gasteiger partial charge in [-0.15, -0.1) is 0 Å². The lowest BCUT2D eigenvalue weighted by molar-refractivity contribution is 0.0992. The number of nitrogens with one attached hydrogen (secondary N) is 1. The van der Waals surface area contributed by atoms with Crippen LogP contribution in [0.15, 0.2) is 65.1 Å². The Kier molecular flexibility index (Phi) is 6.61. The molecule has 0 radical (unpaired) electrons. The van der Waals surface area contributed by atoms with Crippen LogP contribution in [0.5, 0.6) is 5.75 Å². The molecular formula is C22H23ClN2O3. The zero-order valence-electron chi connectivity index (χ0n) is 15.9. The largest absolute Gasteiger partial charge is 0.484 e. The van der Waals surface area contributed by atoms with E-state index in [0.29, 0.717) is 22.2 Å². The van der Waals surface area contributed by atoms with Crippen molar-refractivity contribution in [1.29, 1.82) is 0 Å². The molecule has 6 heteroatoms. The Hall–Kier alpha value is -2.92. The van der Waals surface area contributed by atoms with Crippen molar-refractivity contribution in [3.05, 3.63) is 77.2 Å². The van der Waals surface area contributed by atoms with Crippen LogP contribution in [0.25, 0.3) is 0 Å². The predicted molar refractivity (Wildman–Crippen MR) is 112 cm³/mol. The van der Waals surface area contributed by atoms with Gasteiger partial charge in [0.05, 0.1) is 5.02 Å². The molecule has 1 aromatic heterocycles. The number of benzene rings is 2. The van der Waals surface area contributed by atoms with Gasteiger partial charge in [0.25, 0.3) is 5.91 Å². The molecule has 5 nitrogen and oxygen atoms in total. The molecule has 0 spiro atoms. The number of ether oxygens (including phenoxy) is 1. The highest BCUT2D eigenvalue weighted by molar-refractivity contribution is 6.32. The van der Waals surface area contributed by atoms with Crippen molar-refractivity contribution in [2.75, 3.05) is 23.3 Å². The van der Waals surface area contributed by atoms with Gasteiger partial charge in [-0.1, -0.05) is 23.7 Å². The number of halogens is 1.